The molecule has 0 spiro atoms. The Bertz CT molecular complexity index is 900. The van der Waals surface area contributed by atoms with E-state index in [-0.39, 0.29) is 5.91 Å². The van der Waals surface area contributed by atoms with Crippen LogP contribution in [0.5, 0.6) is 0 Å². The van der Waals surface area contributed by atoms with E-state index in [1.54, 1.807) is 0 Å². The molecular weight excluding hydrogens is 346 g/mol. The summed E-state index contributed by atoms with van der Waals surface area (Å²) in [5.41, 5.74) is 3.63. The molecule has 1 amide bonds. The number of amides is 1. The van der Waals surface area contributed by atoms with Crippen LogP contribution in [0.4, 0.5) is 5.82 Å². The first-order chi connectivity index (χ1) is 12.6. The Hall–Kier alpha value is -2.33. The molecule has 0 saturated carbocycles. The van der Waals surface area contributed by atoms with Gasteiger partial charge in [-0.05, 0) is 43.2 Å². The third kappa shape index (κ3) is 4.25. The summed E-state index contributed by atoms with van der Waals surface area (Å²) >= 11 is 6.01. The van der Waals surface area contributed by atoms with Crippen molar-refractivity contribution >= 4 is 29.0 Å². The largest absolute Gasteiger partial charge is 0.310 e. The van der Waals surface area contributed by atoms with Crippen molar-refractivity contribution in [3.05, 3.63) is 53.2 Å². The van der Waals surface area contributed by atoms with Crippen LogP contribution < -0.4 is 5.32 Å². The minimum absolute atomic E-state index is 0.0266. The van der Waals surface area contributed by atoms with Gasteiger partial charge >= 0.3 is 0 Å². The number of rotatable bonds is 7. The molecule has 2 aromatic heterocycles. The van der Waals surface area contributed by atoms with Gasteiger partial charge in [-0.1, -0.05) is 49.9 Å². The summed E-state index contributed by atoms with van der Waals surface area (Å²) in [5, 5.41) is 3.75. The highest BCUT2D eigenvalue weighted by molar-refractivity contribution is 6.30. The molecule has 0 bridgehead atoms. The minimum atomic E-state index is 0.0266. The Labute approximate surface area is 159 Å². The SMILES string of the molecule is CCCCCCC(=O)Nc1c(-c2ccc(Cl)cc2)nc2cc(C)ccn12. The van der Waals surface area contributed by atoms with Gasteiger partial charge in [-0.15, -0.1) is 0 Å². The average molecular weight is 370 g/mol. The molecule has 5 heteroatoms. The van der Waals surface area contributed by atoms with Gasteiger partial charge in [0.05, 0.1) is 0 Å². The number of anilines is 1. The van der Waals surface area contributed by atoms with Crippen molar-refractivity contribution < 1.29 is 4.79 Å². The number of nitrogens with one attached hydrogen (secondary N) is 1. The molecule has 0 atom stereocenters. The molecular formula is C21H24ClN3O. The average Bonchev–Trinajstić information content (AvgIpc) is 2.97. The summed E-state index contributed by atoms with van der Waals surface area (Å²) in [7, 11) is 0. The van der Waals surface area contributed by atoms with E-state index in [4.69, 9.17) is 16.6 Å². The van der Waals surface area contributed by atoms with E-state index in [1.165, 1.54) is 0 Å². The summed E-state index contributed by atoms with van der Waals surface area (Å²) in [4.78, 5) is 17.2. The lowest BCUT2D eigenvalue weighted by Crippen LogP contribution is -2.13. The zero-order valence-electron chi connectivity index (χ0n) is 15.3. The second kappa shape index (κ2) is 8.37. The number of halogens is 1. The molecule has 0 unspecified atom stereocenters. The summed E-state index contributed by atoms with van der Waals surface area (Å²) < 4.78 is 1.93. The molecule has 3 aromatic rings. The van der Waals surface area contributed by atoms with Crippen molar-refractivity contribution in [3.63, 3.8) is 0 Å². The van der Waals surface area contributed by atoms with Crippen LogP contribution in [0.15, 0.2) is 42.6 Å². The van der Waals surface area contributed by atoms with E-state index in [2.05, 4.69) is 12.2 Å². The standard InChI is InChI=1S/C21H24ClN3O/c1-3-4-5-6-7-19(26)24-21-20(16-8-10-17(22)11-9-16)23-18-14-15(2)12-13-25(18)21/h8-14H,3-7H2,1-2H3,(H,24,26). The highest BCUT2D eigenvalue weighted by Crippen LogP contribution is 2.30. The fourth-order valence-electron chi connectivity index (χ4n) is 2.98. The number of hydrogen-bond donors (Lipinski definition) is 1. The lowest BCUT2D eigenvalue weighted by molar-refractivity contribution is -0.116. The number of carbonyl (C=O) groups excluding carboxylic acids is 1. The Balaban J connectivity index is 1.92. The third-order valence-corrected chi connectivity index (χ3v) is 4.67. The molecule has 0 fully saturated rings. The minimum Gasteiger partial charge on any atom is -0.310 e. The predicted octanol–water partition coefficient (Wildman–Crippen LogP) is 5.87. The van der Waals surface area contributed by atoms with Gasteiger partial charge in [-0.3, -0.25) is 9.20 Å². The van der Waals surface area contributed by atoms with Crippen LogP contribution in [0.25, 0.3) is 16.9 Å². The topological polar surface area (TPSA) is 46.4 Å². The highest BCUT2D eigenvalue weighted by atomic mass is 35.5. The number of imidazole rings is 1. The number of nitrogens with zero attached hydrogens (tertiary/aromatic N) is 2. The molecule has 136 valence electrons. The van der Waals surface area contributed by atoms with Crippen LogP contribution in [0, 0.1) is 6.92 Å². The number of hydrogen-bond acceptors (Lipinski definition) is 2. The molecule has 3 rings (SSSR count). The molecule has 0 aliphatic carbocycles. The quantitative estimate of drug-likeness (QED) is 0.529. The number of pyridine rings is 1. The van der Waals surface area contributed by atoms with Gasteiger partial charge in [0.2, 0.25) is 5.91 Å². The summed E-state index contributed by atoms with van der Waals surface area (Å²) in [6.07, 6.45) is 6.79. The lowest BCUT2D eigenvalue weighted by Gasteiger charge is -2.08. The van der Waals surface area contributed by atoms with Crippen molar-refractivity contribution in [2.45, 2.75) is 46.0 Å². The number of aromatic nitrogens is 2. The maximum absolute atomic E-state index is 12.4. The van der Waals surface area contributed by atoms with Crippen LogP contribution in [0.2, 0.25) is 5.02 Å². The first-order valence-corrected chi connectivity index (χ1v) is 9.51. The monoisotopic (exact) mass is 369 g/mol. The molecule has 0 aliphatic heterocycles. The van der Waals surface area contributed by atoms with Crippen molar-refractivity contribution in [3.8, 4) is 11.3 Å². The Morgan fingerprint density at radius 2 is 1.92 bits per heavy atom. The summed E-state index contributed by atoms with van der Waals surface area (Å²) in [6.45, 7) is 4.20. The number of benzene rings is 1. The van der Waals surface area contributed by atoms with Crippen LogP contribution >= 0.6 is 11.6 Å². The van der Waals surface area contributed by atoms with Gasteiger partial charge in [-0.25, -0.2) is 4.98 Å². The van der Waals surface area contributed by atoms with E-state index in [0.29, 0.717) is 17.3 Å². The molecule has 1 N–H and O–H groups in total. The fourth-order valence-corrected chi connectivity index (χ4v) is 3.11. The maximum Gasteiger partial charge on any atom is 0.225 e. The van der Waals surface area contributed by atoms with Gasteiger partial charge in [0.25, 0.3) is 0 Å². The van der Waals surface area contributed by atoms with Crippen LogP contribution in [-0.2, 0) is 4.79 Å². The fraction of sp³-hybridized carbons (Fsp3) is 0.333. The van der Waals surface area contributed by atoms with E-state index in [9.17, 15) is 4.79 Å². The Morgan fingerprint density at radius 1 is 1.15 bits per heavy atom. The Morgan fingerprint density at radius 3 is 2.65 bits per heavy atom. The van der Waals surface area contributed by atoms with E-state index >= 15 is 0 Å². The lowest BCUT2D eigenvalue weighted by atomic mass is 10.1. The van der Waals surface area contributed by atoms with Gasteiger partial charge in [0, 0.05) is 23.2 Å². The van der Waals surface area contributed by atoms with Crippen molar-refractivity contribution in [1.82, 2.24) is 9.38 Å². The molecule has 26 heavy (non-hydrogen) atoms. The number of carbonyl (C=O) groups is 1. The summed E-state index contributed by atoms with van der Waals surface area (Å²) in [5.74, 6) is 0.738. The van der Waals surface area contributed by atoms with Crippen LogP contribution in [0.1, 0.15) is 44.6 Å². The molecule has 0 radical (unpaired) electrons. The zero-order chi connectivity index (χ0) is 18.5. The second-order valence-corrected chi connectivity index (χ2v) is 7.04. The third-order valence-electron chi connectivity index (χ3n) is 4.41. The smallest absolute Gasteiger partial charge is 0.225 e. The van der Waals surface area contributed by atoms with Crippen molar-refractivity contribution in [2.24, 2.45) is 0 Å². The van der Waals surface area contributed by atoms with Crippen molar-refractivity contribution in [1.29, 1.82) is 0 Å². The first kappa shape index (κ1) is 18.5. The number of fused-ring (bicyclic) bond motifs is 1. The number of aryl methyl sites for hydroxylation is 1. The number of unbranched alkanes of at least 4 members (excludes halogenated alkanes) is 3. The maximum atomic E-state index is 12.4. The molecule has 2 heterocycles. The first-order valence-electron chi connectivity index (χ1n) is 9.13. The molecule has 4 nitrogen and oxygen atoms in total. The van der Waals surface area contributed by atoms with Gasteiger partial charge in [-0.2, -0.15) is 0 Å². The van der Waals surface area contributed by atoms with Crippen LogP contribution in [-0.4, -0.2) is 15.3 Å². The molecule has 0 aliphatic rings. The predicted molar refractivity (Wildman–Crippen MR) is 108 cm³/mol. The van der Waals surface area contributed by atoms with E-state index in [1.807, 2.05) is 53.9 Å². The van der Waals surface area contributed by atoms with Crippen molar-refractivity contribution in [2.75, 3.05) is 5.32 Å². The highest BCUT2D eigenvalue weighted by Gasteiger charge is 2.16. The zero-order valence-corrected chi connectivity index (χ0v) is 16.0. The molecule has 1 aromatic carbocycles. The van der Waals surface area contributed by atoms with E-state index in [0.717, 1.165) is 48.2 Å². The normalized spacial score (nSPS) is 11.0. The van der Waals surface area contributed by atoms with Gasteiger partial charge in [0.15, 0.2) is 0 Å². The molecule has 0 saturated heterocycles. The van der Waals surface area contributed by atoms with Crippen LogP contribution in [0.3, 0.4) is 0 Å². The van der Waals surface area contributed by atoms with Gasteiger partial charge in [0.1, 0.15) is 17.2 Å². The van der Waals surface area contributed by atoms with Gasteiger partial charge < -0.3 is 5.32 Å². The second-order valence-electron chi connectivity index (χ2n) is 6.61. The van der Waals surface area contributed by atoms with E-state index < -0.39 is 0 Å². The Kier molecular flexibility index (Phi) is 5.94. The summed E-state index contributed by atoms with van der Waals surface area (Å²) in [6, 6.07) is 11.5.